The van der Waals surface area contributed by atoms with Crippen molar-refractivity contribution in [2.24, 2.45) is 0 Å². The van der Waals surface area contributed by atoms with Crippen LogP contribution in [0.2, 0.25) is 5.28 Å². The molecule has 0 unspecified atom stereocenters. The van der Waals surface area contributed by atoms with Crippen LogP contribution < -0.4 is 5.32 Å². The van der Waals surface area contributed by atoms with Crippen LogP contribution in [-0.2, 0) is 0 Å². The lowest BCUT2D eigenvalue weighted by Crippen LogP contribution is -2.37. The predicted octanol–water partition coefficient (Wildman–Crippen LogP) is 3.03. The van der Waals surface area contributed by atoms with Gasteiger partial charge in [0.1, 0.15) is 5.69 Å². The fourth-order valence-corrected chi connectivity index (χ4v) is 2.28. The first-order valence-electron chi connectivity index (χ1n) is 6.69. The van der Waals surface area contributed by atoms with E-state index >= 15 is 0 Å². The van der Waals surface area contributed by atoms with Crippen molar-refractivity contribution in [3.8, 4) is 6.07 Å². The Morgan fingerprint density at radius 1 is 1.45 bits per heavy atom. The number of carbonyl (C=O) groups excluding carboxylic acids is 1. The van der Waals surface area contributed by atoms with E-state index in [4.69, 9.17) is 16.9 Å². The van der Waals surface area contributed by atoms with Gasteiger partial charge in [-0.25, -0.2) is 9.97 Å². The minimum atomic E-state index is -0.140. The van der Waals surface area contributed by atoms with E-state index in [0.29, 0.717) is 5.69 Å². The van der Waals surface area contributed by atoms with E-state index in [2.05, 4.69) is 15.3 Å². The second-order valence-corrected chi connectivity index (χ2v) is 5.04. The molecule has 1 N–H and O–H groups in total. The molecule has 2 rings (SSSR count). The van der Waals surface area contributed by atoms with Crippen molar-refractivity contribution in [2.75, 3.05) is 0 Å². The van der Waals surface area contributed by atoms with Gasteiger partial charge in [0.25, 0.3) is 5.91 Å². The van der Waals surface area contributed by atoms with Gasteiger partial charge < -0.3 is 5.32 Å². The normalized spacial score (nSPS) is 14.7. The van der Waals surface area contributed by atoms with Crippen molar-refractivity contribution >= 4 is 17.5 Å². The van der Waals surface area contributed by atoms with E-state index in [9.17, 15) is 4.79 Å². The summed E-state index contributed by atoms with van der Waals surface area (Å²) < 4.78 is 0. The Morgan fingerprint density at radius 2 is 2.05 bits per heavy atom. The van der Waals surface area contributed by atoms with Crippen LogP contribution in [0.5, 0.6) is 0 Å². The first-order valence-corrected chi connectivity index (χ1v) is 7.07. The summed E-state index contributed by atoms with van der Waals surface area (Å²) in [5.74, 6) is -0.140. The number of nitriles is 1. The summed E-state index contributed by atoms with van der Waals surface area (Å²) in [5.41, 5.74) is 1.14. The molecule has 1 fully saturated rings. The molecule has 0 radical (unpaired) electrons. The van der Waals surface area contributed by atoms with Crippen LogP contribution in [0.25, 0.3) is 0 Å². The Morgan fingerprint density at radius 3 is 2.65 bits per heavy atom. The van der Waals surface area contributed by atoms with Crippen LogP contribution in [0.15, 0.2) is 6.20 Å². The van der Waals surface area contributed by atoms with Crippen molar-refractivity contribution < 1.29 is 4.79 Å². The molecule has 0 aliphatic heterocycles. The molecule has 6 heteroatoms. The Kier molecular flexibility index (Phi) is 6.96. The summed E-state index contributed by atoms with van der Waals surface area (Å²) >= 11 is 5.70. The summed E-state index contributed by atoms with van der Waals surface area (Å²) in [6.07, 6.45) is 7.34. The van der Waals surface area contributed by atoms with Crippen LogP contribution in [-0.4, -0.2) is 21.9 Å². The molecule has 1 amide bonds. The minimum Gasteiger partial charge on any atom is -0.348 e. The van der Waals surface area contributed by atoms with Crippen molar-refractivity contribution in [3.05, 3.63) is 22.7 Å². The molecule has 0 saturated heterocycles. The minimum absolute atomic E-state index is 0.115. The highest BCUT2D eigenvalue weighted by Gasteiger charge is 2.19. The molecule has 1 aromatic heterocycles. The highest BCUT2D eigenvalue weighted by atomic mass is 35.5. The number of aryl methyl sites for hydroxylation is 1. The van der Waals surface area contributed by atoms with E-state index in [-0.39, 0.29) is 17.2 Å². The van der Waals surface area contributed by atoms with Gasteiger partial charge in [0, 0.05) is 19.2 Å². The number of nitrogens with one attached hydrogen (secondary N) is 1. The molecule has 108 valence electrons. The maximum atomic E-state index is 12.0. The van der Waals surface area contributed by atoms with E-state index in [1.807, 2.05) is 6.92 Å². The third-order valence-electron chi connectivity index (χ3n) is 3.10. The number of halogens is 1. The van der Waals surface area contributed by atoms with Gasteiger partial charge in [-0.1, -0.05) is 19.3 Å². The second kappa shape index (κ2) is 8.49. The maximum absolute atomic E-state index is 12.0. The highest BCUT2D eigenvalue weighted by molar-refractivity contribution is 6.28. The molecule has 1 aromatic rings. The number of nitrogens with zero attached hydrogens (tertiary/aromatic N) is 3. The molecule has 0 atom stereocenters. The summed E-state index contributed by atoms with van der Waals surface area (Å²) in [5, 5.41) is 10.4. The standard InChI is InChI=1S/C12H16ClN3O.C2H3N/c1-8-7-14-12(13)16-10(8)11(17)15-9-5-3-2-4-6-9;1-2-3/h7,9H,2-6H2,1H3,(H,15,17);1H3. The van der Waals surface area contributed by atoms with E-state index < -0.39 is 0 Å². The zero-order valence-corrected chi connectivity index (χ0v) is 12.6. The molecule has 20 heavy (non-hydrogen) atoms. The molecular formula is C14H19ClN4O. The van der Waals surface area contributed by atoms with Gasteiger partial charge in [0.15, 0.2) is 0 Å². The van der Waals surface area contributed by atoms with Crippen LogP contribution in [0.3, 0.4) is 0 Å². The number of hydrogen-bond donors (Lipinski definition) is 1. The fourth-order valence-electron chi connectivity index (χ4n) is 2.15. The van der Waals surface area contributed by atoms with Gasteiger partial charge in [-0.15, -0.1) is 0 Å². The van der Waals surface area contributed by atoms with Crippen molar-refractivity contribution in [1.29, 1.82) is 5.26 Å². The molecular weight excluding hydrogens is 276 g/mol. The highest BCUT2D eigenvalue weighted by Crippen LogP contribution is 2.18. The van der Waals surface area contributed by atoms with Gasteiger partial charge in [0.05, 0.1) is 6.07 Å². The molecule has 0 spiro atoms. The molecule has 1 aliphatic rings. The quantitative estimate of drug-likeness (QED) is 0.850. The molecule has 5 nitrogen and oxygen atoms in total. The first kappa shape index (κ1) is 16.4. The lowest BCUT2D eigenvalue weighted by Gasteiger charge is -2.22. The average Bonchev–Trinajstić information content (AvgIpc) is 2.43. The van der Waals surface area contributed by atoms with Gasteiger partial charge >= 0.3 is 0 Å². The van der Waals surface area contributed by atoms with Gasteiger partial charge in [0.2, 0.25) is 5.28 Å². The maximum Gasteiger partial charge on any atom is 0.270 e. The van der Waals surface area contributed by atoms with Gasteiger partial charge in [-0.3, -0.25) is 4.79 Å². The van der Waals surface area contributed by atoms with Crippen LogP contribution in [0, 0.1) is 18.3 Å². The third-order valence-corrected chi connectivity index (χ3v) is 3.28. The number of hydrogen-bond acceptors (Lipinski definition) is 4. The molecule has 1 aliphatic carbocycles. The van der Waals surface area contributed by atoms with Gasteiger partial charge in [-0.05, 0) is 36.9 Å². The fraction of sp³-hybridized carbons (Fsp3) is 0.571. The Hall–Kier alpha value is -1.67. The van der Waals surface area contributed by atoms with Crippen LogP contribution in [0.1, 0.15) is 55.1 Å². The summed E-state index contributed by atoms with van der Waals surface area (Å²) in [6, 6.07) is 2.03. The van der Waals surface area contributed by atoms with E-state index in [1.54, 1.807) is 12.3 Å². The molecule has 0 bridgehead atoms. The van der Waals surface area contributed by atoms with Crippen molar-refractivity contribution in [2.45, 2.75) is 52.0 Å². The Bertz CT molecular complexity index is 492. The SMILES string of the molecule is CC#N.Cc1cnc(Cl)nc1C(=O)NC1CCCCC1. The number of rotatable bonds is 2. The monoisotopic (exact) mass is 294 g/mol. The molecule has 1 heterocycles. The zero-order chi connectivity index (χ0) is 15.0. The number of carbonyl (C=O) groups is 1. The number of aromatic nitrogens is 2. The Labute approximate surface area is 124 Å². The van der Waals surface area contributed by atoms with E-state index in [0.717, 1.165) is 18.4 Å². The number of amides is 1. The smallest absolute Gasteiger partial charge is 0.270 e. The van der Waals surface area contributed by atoms with Crippen molar-refractivity contribution in [3.63, 3.8) is 0 Å². The zero-order valence-electron chi connectivity index (χ0n) is 11.8. The Balaban J connectivity index is 0.000000612. The molecule has 1 saturated carbocycles. The lowest BCUT2D eigenvalue weighted by atomic mass is 9.95. The van der Waals surface area contributed by atoms with Crippen molar-refractivity contribution in [1.82, 2.24) is 15.3 Å². The average molecular weight is 295 g/mol. The largest absolute Gasteiger partial charge is 0.348 e. The van der Waals surface area contributed by atoms with Crippen LogP contribution in [0.4, 0.5) is 0 Å². The topological polar surface area (TPSA) is 78.7 Å². The first-order chi connectivity index (χ1) is 9.58. The molecule has 0 aromatic carbocycles. The summed E-state index contributed by atoms with van der Waals surface area (Å²) in [6.45, 7) is 3.24. The van der Waals surface area contributed by atoms with E-state index in [1.165, 1.54) is 26.2 Å². The lowest BCUT2D eigenvalue weighted by molar-refractivity contribution is 0.0921. The van der Waals surface area contributed by atoms with Gasteiger partial charge in [-0.2, -0.15) is 5.26 Å². The predicted molar refractivity (Wildman–Crippen MR) is 77.4 cm³/mol. The van der Waals surface area contributed by atoms with Crippen LogP contribution >= 0.6 is 11.6 Å². The summed E-state index contributed by atoms with van der Waals surface area (Å²) in [7, 11) is 0. The third kappa shape index (κ3) is 5.14. The summed E-state index contributed by atoms with van der Waals surface area (Å²) in [4.78, 5) is 19.8. The second-order valence-electron chi connectivity index (χ2n) is 4.70.